The average Bonchev–Trinajstić information content (AvgIpc) is 2.74. The Morgan fingerprint density at radius 2 is 1.84 bits per heavy atom. The van der Waals surface area contributed by atoms with E-state index < -0.39 is 17.0 Å². The fraction of sp³-hybridized carbons (Fsp3) is 0.250. The van der Waals surface area contributed by atoms with E-state index in [-0.39, 0.29) is 12.2 Å². The lowest BCUT2D eigenvalue weighted by Gasteiger charge is -2.01. The maximum atomic E-state index is 12.8. The van der Waals surface area contributed by atoms with Gasteiger partial charge in [0.15, 0.2) is 5.01 Å². The summed E-state index contributed by atoms with van der Waals surface area (Å²) >= 11 is 0.598. The third kappa shape index (κ3) is 3.10. The molecule has 0 amide bonds. The molecule has 0 radical (unpaired) electrons. The smallest absolute Gasteiger partial charge is 0.315 e. The van der Waals surface area contributed by atoms with Gasteiger partial charge in [-0.15, -0.1) is 11.3 Å². The van der Waals surface area contributed by atoms with E-state index in [2.05, 4.69) is 10.3 Å². The van der Waals surface area contributed by atoms with Crippen molar-refractivity contribution in [3.05, 3.63) is 40.0 Å². The fourth-order valence-corrected chi connectivity index (χ4v) is 2.55. The van der Waals surface area contributed by atoms with Crippen molar-refractivity contribution in [3.8, 4) is 11.3 Å². The highest BCUT2D eigenvalue weighted by Gasteiger charge is 2.36. The van der Waals surface area contributed by atoms with Gasteiger partial charge >= 0.3 is 6.18 Å². The van der Waals surface area contributed by atoms with Crippen LogP contribution in [0.5, 0.6) is 0 Å². The minimum atomic E-state index is -4.47. The Labute approximate surface area is 111 Å². The van der Waals surface area contributed by atoms with E-state index in [4.69, 9.17) is 0 Å². The molecule has 2 nitrogen and oxygen atoms in total. The molecule has 2 rings (SSSR count). The molecule has 0 saturated heterocycles. The number of benzene rings is 1. The van der Waals surface area contributed by atoms with E-state index in [0.29, 0.717) is 21.8 Å². The van der Waals surface area contributed by atoms with Crippen LogP contribution in [0.4, 0.5) is 17.6 Å². The summed E-state index contributed by atoms with van der Waals surface area (Å²) in [5, 5.41) is 1.91. The number of hydrogen-bond acceptors (Lipinski definition) is 3. The van der Waals surface area contributed by atoms with Gasteiger partial charge in [-0.2, -0.15) is 13.2 Å². The molecule has 0 bridgehead atoms. The molecule has 0 saturated carbocycles. The van der Waals surface area contributed by atoms with Crippen molar-refractivity contribution < 1.29 is 17.6 Å². The second kappa shape index (κ2) is 5.26. The zero-order valence-corrected chi connectivity index (χ0v) is 10.7. The van der Waals surface area contributed by atoms with Crippen LogP contribution in [0.15, 0.2) is 24.3 Å². The Morgan fingerprint density at radius 1 is 1.21 bits per heavy atom. The highest BCUT2D eigenvalue weighted by atomic mass is 32.1. The highest BCUT2D eigenvalue weighted by molar-refractivity contribution is 7.12. The number of aromatic nitrogens is 1. The van der Waals surface area contributed by atoms with Crippen LogP contribution in [0.3, 0.4) is 0 Å². The first-order chi connectivity index (χ1) is 8.91. The van der Waals surface area contributed by atoms with Crippen molar-refractivity contribution in [3.63, 3.8) is 0 Å². The Balaban J connectivity index is 2.48. The zero-order valence-electron chi connectivity index (χ0n) is 9.88. The molecule has 0 fully saturated rings. The Bertz CT molecular complexity index is 560. The lowest BCUT2D eigenvalue weighted by atomic mass is 10.1. The molecule has 0 atom stereocenters. The number of nitrogens with zero attached hydrogens (tertiary/aromatic N) is 1. The summed E-state index contributed by atoms with van der Waals surface area (Å²) in [7, 11) is 1.64. The number of nitrogens with one attached hydrogen (secondary N) is 1. The number of alkyl halides is 3. The quantitative estimate of drug-likeness (QED) is 0.872. The molecule has 102 valence electrons. The van der Waals surface area contributed by atoms with Crippen LogP contribution in [0, 0.1) is 5.82 Å². The number of hydrogen-bond donors (Lipinski definition) is 1. The maximum Gasteiger partial charge on any atom is 0.443 e. The molecular weight excluding hydrogens is 280 g/mol. The van der Waals surface area contributed by atoms with Gasteiger partial charge in [-0.1, -0.05) is 0 Å². The van der Waals surface area contributed by atoms with Gasteiger partial charge in [-0.3, -0.25) is 0 Å². The van der Waals surface area contributed by atoms with Crippen LogP contribution in [-0.4, -0.2) is 12.0 Å². The Morgan fingerprint density at radius 3 is 2.37 bits per heavy atom. The Hall–Kier alpha value is -1.47. The van der Waals surface area contributed by atoms with Gasteiger partial charge in [-0.25, -0.2) is 9.37 Å². The highest BCUT2D eigenvalue weighted by Crippen LogP contribution is 2.37. The monoisotopic (exact) mass is 290 g/mol. The van der Waals surface area contributed by atoms with Gasteiger partial charge in [0.2, 0.25) is 0 Å². The molecule has 0 aliphatic heterocycles. The van der Waals surface area contributed by atoms with Crippen LogP contribution in [0.1, 0.15) is 9.88 Å². The second-order valence-electron chi connectivity index (χ2n) is 3.83. The van der Waals surface area contributed by atoms with E-state index in [1.807, 2.05) is 0 Å². The van der Waals surface area contributed by atoms with Crippen LogP contribution < -0.4 is 5.32 Å². The molecule has 1 N–H and O–H groups in total. The van der Waals surface area contributed by atoms with Gasteiger partial charge in [0.1, 0.15) is 5.82 Å². The van der Waals surface area contributed by atoms with Gasteiger partial charge in [-0.05, 0) is 31.3 Å². The molecule has 1 aromatic heterocycles. The third-order valence-electron chi connectivity index (χ3n) is 2.39. The van der Waals surface area contributed by atoms with Crippen LogP contribution in [0.25, 0.3) is 11.3 Å². The standard InChI is InChI=1S/C12H10F4N2S/c1-17-6-9-10(7-2-4-8(13)5-3-7)18-11(19-9)12(14,15)16/h2-5,17H,6H2,1H3. The summed E-state index contributed by atoms with van der Waals surface area (Å²) in [6.45, 7) is 0.278. The van der Waals surface area contributed by atoms with Crippen molar-refractivity contribution in [2.45, 2.75) is 12.7 Å². The minimum Gasteiger partial charge on any atom is -0.315 e. The molecular formula is C12H10F4N2S. The Kier molecular flexibility index (Phi) is 3.86. The normalized spacial score (nSPS) is 11.8. The van der Waals surface area contributed by atoms with Gasteiger partial charge in [0, 0.05) is 17.0 Å². The summed E-state index contributed by atoms with van der Waals surface area (Å²) in [6.07, 6.45) is -4.47. The minimum absolute atomic E-state index is 0.242. The lowest BCUT2D eigenvalue weighted by Crippen LogP contribution is -2.04. The van der Waals surface area contributed by atoms with Gasteiger partial charge in [0.25, 0.3) is 0 Å². The predicted molar refractivity (Wildman–Crippen MR) is 65.3 cm³/mol. The van der Waals surface area contributed by atoms with Crippen LogP contribution >= 0.6 is 11.3 Å². The number of thiazole rings is 1. The first-order valence-electron chi connectivity index (χ1n) is 5.39. The van der Waals surface area contributed by atoms with E-state index in [9.17, 15) is 17.6 Å². The molecule has 1 aromatic carbocycles. The van der Waals surface area contributed by atoms with Crippen molar-refractivity contribution in [1.29, 1.82) is 0 Å². The topological polar surface area (TPSA) is 24.9 Å². The second-order valence-corrected chi connectivity index (χ2v) is 4.91. The van der Waals surface area contributed by atoms with E-state index >= 15 is 0 Å². The molecule has 19 heavy (non-hydrogen) atoms. The molecule has 2 aromatic rings. The largest absolute Gasteiger partial charge is 0.443 e. The summed E-state index contributed by atoms with van der Waals surface area (Å²) in [5.41, 5.74) is 0.713. The van der Waals surface area contributed by atoms with Crippen LogP contribution in [0.2, 0.25) is 0 Å². The van der Waals surface area contributed by atoms with Gasteiger partial charge < -0.3 is 5.32 Å². The SMILES string of the molecule is CNCc1sc(C(F)(F)F)nc1-c1ccc(F)cc1. The summed E-state index contributed by atoms with van der Waals surface area (Å²) in [4.78, 5) is 4.10. The molecule has 0 aliphatic rings. The number of halogens is 4. The van der Waals surface area contributed by atoms with Crippen molar-refractivity contribution in [1.82, 2.24) is 10.3 Å². The van der Waals surface area contributed by atoms with Crippen LogP contribution in [-0.2, 0) is 12.7 Å². The van der Waals surface area contributed by atoms with Crippen molar-refractivity contribution in [2.75, 3.05) is 7.05 Å². The first-order valence-corrected chi connectivity index (χ1v) is 6.21. The van der Waals surface area contributed by atoms with E-state index in [0.717, 1.165) is 0 Å². The van der Waals surface area contributed by atoms with Crippen molar-refractivity contribution >= 4 is 11.3 Å². The molecule has 7 heteroatoms. The summed E-state index contributed by atoms with van der Waals surface area (Å²) in [5.74, 6) is -0.440. The molecule has 0 aliphatic carbocycles. The van der Waals surface area contributed by atoms with E-state index in [1.54, 1.807) is 7.05 Å². The average molecular weight is 290 g/mol. The summed E-state index contributed by atoms with van der Waals surface area (Å²) < 4.78 is 50.8. The lowest BCUT2D eigenvalue weighted by molar-refractivity contribution is -0.137. The first kappa shape index (κ1) is 14.0. The van der Waals surface area contributed by atoms with Gasteiger partial charge in [0.05, 0.1) is 5.69 Å². The predicted octanol–water partition coefficient (Wildman–Crippen LogP) is 3.69. The maximum absolute atomic E-state index is 12.8. The van der Waals surface area contributed by atoms with Crippen molar-refractivity contribution in [2.24, 2.45) is 0 Å². The molecule has 0 unspecified atom stereocenters. The summed E-state index contributed by atoms with van der Waals surface area (Å²) in [6, 6.07) is 5.24. The fourth-order valence-electron chi connectivity index (χ4n) is 1.59. The molecule has 0 spiro atoms. The zero-order chi connectivity index (χ0) is 14.0. The molecule has 1 heterocycles. The number of rotatable bonds is 3. The third-order valence-corrected chi connectivity index (χ3v) is 3.50. The van der Waals surface area contributed by atoms with E-state index in [1.165, 1.54) is 24.3 Å².